The second kappa shape index (κ2) is 5.97. The zero-order valence-electron chi connectivity index (χ0n) is 10.5. The number of nitrogens with two attached hydrogens (primary N) is 1. The zero-order valence-corrected chi connectivity index (χ0v) is 10.5. The van der Waals surface area contributed by atoms with Gasteiger partial charge in [0.2, 0.25) is 5.91 Å². The lowest BCUT2D eigenvalue weighted by Gasteiger charge is -2.13. The molecular weight excluding hydrogens is 240 g/mol. The number of anilines is 1. The maximum atomic E-state index is 11.9. The maximum Gasteiger partial charge on any atom is 0.241 e. The van der Waals surface area contributed by atoms with Gasteiger partial charge in [-0.25, -0.2) is 4.68 Å². The first-order chi connectivity index (χ1) is 9.22. The van der Waals surface area contributed by atoms with Gasteiger partial charge in [-0.1, -0.05) is 18.2 Å². The van der Waals surface area contributed by atoms with Gasteiger partial charge in [-0.05, 0) is 24.6 Å². The Bertz CT molecular complexity index is 563. The van der Waals surface area contributed by atoms with Crippen molar-refractivity contribution in [1.82, 2.24) is 9.78 Å². The number of carbonyl (C=O) groups is 1. The third-order valence-electron chi connectivity index (χ3n) is 2.67. The Balaban J connectivity index is 2.21. The predicted molar refractivity (Wildman–Crippen MR) is 75.0 cm³/mol. The number of carbonyl (C=O) groups excluding carboxylic acids is 1. The van der Waals surface area contributed by atoms with E-state index in [4.69, 9.17) is 5.73 Å². The molecule has 2 aromatic rings. The first-order valence-electron chi connectivity index (χ1n) is 5.98. The van der Waals surface area contributed by atoms with Crippen LogP contribution in [-0.4, -0.2) is 21.7 Å². The van der Waals surface area contributed by atoms with E-state index in [9.17, 15) is 4.79 Å². The number of amides is 1. The minimum absolute atomic E-state index is 0.237. The van der Waals surface area contributed by atoms with Gasteiger partial charge >= 0.3 is 0 Å². The van der Waals surface area contributed by atoms with Crippen LogP contribution < -0.4 is 11.1 Å². The molecule has 3 N–H and O–H groups in total. The van der Waals surface area contributed by atoms with Crippen molar-refractivity contribution in [3.8, 4) is 5.69 Å². The summed E-state index contributed by atoms with van der Waals surface area (Å²) >= 11 is 0. The Morgan fingerprint density at radius 1 is 1.47 bits per heavy atom. The van der Waals surface area contributed by atoms with Crippen molar-refractivity contribution in [3.63, 3.8) is 0 Å². The second-order valence-corrected chi connectivity index (χ2v) is 4.09. The molecule has 1 aromatic carbocycles. The number of hydrogen-bond donors (Lipinski definition) is 2. The van der Waals surface area contributed by atoms with Crippen molar-refractivity contribution in [2.45, 2.75) is 12.5 Å². The normalized spacial score (nSPS) is 11.8. The van der Waals surface area contributed by atoms with E-state index in [0.29, 0.717) is 12.1 Å². The summed E-state index contributed by atoms with van der Waals surface area (Å²) in [5, 5.41) is 6.96. The highest BCUT2D eigenvalue weighted by Gasteiger charge is 2.14. The van der Waals surface area contributed by atoms with E-state index in [2.05, 4.69) is 17.0 Å². The fourth-order valence-electron chi connectivity index (χ4n) is 1.70. The summed E-state index contributed by atoms with van der Waals surface area (Å²) < 4.78 is 1.69. The number of benzene rings is 1. The van der Waals surface area contributed by atoms with Crippen LogP contribution in [0.1, 0.15) is 6.42 Å². The molecule has 0 spiro atoms. The van der Waals surface area contributed by atoms with Crippen LogP contribution in [-0.2, 0) is 4.79 Å². The summed E-state index contributed by atoms with van der Waals surface area (Å²) in [5.74, 6) is -0.237. The van der Waals surface area contributed by atoms with Crippen LogP contribution >= 0.6 is 0 Å². The first kappa shape index (κ1) is 13.0. The molecule has 0 bridgehead atoms. The van der Waals surface area contributed by atoms with Crippen LogP contribution in [0.2, 0.25) is 0 Å². The summed E-state index contributed by atoms with van der Waals surface area (Å²) in [6.45, 7) is 3.57. The van der Waals surface area contributed by atoms with E-state index in [1.807, 2.05) is 36.5 Å². The second-order valence-electron chi connectivity index (χ2n) is 4.09. The SMILES string of the molecule is C=CCC(N)C(=O)Nc1ccccc1-n1cccn1. The van der Waals surface area contributed by atoms with E-state index >= 15 is 0 Å². The number of nitrogens with zero attached hydrogens (tertiary/aromatic N) is 2. The molecule has 1 atom stereocenters. The van der Waals surface area contributed by atoms with Gasteiger partial charge in [0.05, 0.1) is 17.4 Å². The highest BCUT2D eigenvalue weighted by Crippen LogP contribution is 2.19. The van der Waals surface area contributed by atoms with E-state index < -0.39 is 6.04 Å². The van der Waals surface area contributed by atoms with Crippen molar-refractivity contribution in [3.05, 3.63) is 55.4 Å². The Hall–Kier alpha value is -2.40. The number of para-hydroxylation sites is 2. The quantitative estimate of drug-likeness (QED) is 0.800. The largest absolute Gasteiger partial charge is 0.323 e. The van der Waals surface area contributed by atoms with E-state index in [-0.39, 0.29) is 5.91 Å². The van der Waals surface area contributed by atoms with Crippen LogP contribution in [0.3, 0.4) is 0 Å². The third-order valence-corrected chi connectivity index (χ3v) is 2.67. The predicted octanol–water partition coefficient (Wildman–Crippen LogP) is 1.71. The lowest BCUT2D eigenvalue weighted by molar-refractivity contribution is -0.117. The Morgan fingerprint density at radius 2 is 2.26 bits per heavy atom. The molecule has 5 heteroatoms. The molecule has 0 aliphatic heterocycles. The molecule has 0 saturated carbocycles. The molecule has 0 saturated heterocycles. The third kappa shape index (κ3) is 3.08. The Labute approximate surface area is 111 Å². The smallest absolute Gasteiger partial charge is 0.241 e. The van der Waals surface area contributed by atoms with E-state index in [1.165, 1.54) is 0 Å². The zero-order chi connectivity index (χ0) is 13.7. The van der Waals surface area contributed by atoms with Crippen molar-refractivity contribution in [2.24, 2.45) is 5.73 Å². The number of hydrogen-bond acceptors (Lipinski definition) is 3. The summed E-state index contributed by atoms with van der Waals surface area (Å²) in [6.07, 6.45) is 5.57. The standard InChI is InChI=1S/C14H16N4O/c1-2-6-11(15)14(19)17-12-7-3-4-8-13(12)18-10-5-9-16-18/h2-5,7-11H,1,6,15H2,(H,17,19). The van der Waals surface area contributed by atoms with Gasteiger partial charge < -0.3 is 11.1 Å². The molecule has 0 fully saturated rings. The molecule has 19 heavy (non-hydrogen) atoms. The Kier molecular flexibility index (Phi) is 4.10. The lowest BCUT2D eigenvalue weighted by atomic mass is 10.2. The van der Waals surface area contributed by atoms with Gasteiger partial charge in [0, 0.05) is 12.4 Å². The van der Waals surface area contributed by atoms with Crippen molar-refractivity contribution in [1.29, 1.82) is 0 Å². The molecule has 1 aromatic heterocycles. The average Bonchev–Trinajstić information content (AvgIpc) is 2.93. The molecule has 0 aliphatic rings. The summed E-state index contributed by atoms with van der Waals surface area (Å²) in [5.41, 5.74) is 7.21. The van der Waals surface area contributed by atoms with Gasteiger partial charge in [0.25, 0.3) is 0 Å². The van der Waals surface area contributed by atoms with Crippen molar-refractivity contribution >= 4 is 11.6 Å². The van der Waals surface area contributed by atoms with Gasteiger partial charge in [-0.2, -0.15) is 5.10 Å². The summed E-state index contributed by atoms with van der Waals surface area (Å²) in [4.78, 5) is 11.9. The van der Waals surface area contributed by atoms with Crippen LogP contribution in [0, 0.1) is 0 Å². The van der Waals surface area contributed by atoms with Gasteiger partial charge in [0.15, 0.2) is 0 Å². The molecule has 1 unspecified atom stereocenters. The fourth-order valence-corrected chi connectivity index (χ4v) is 1.70. The van der Waals surface area contributed by atoms with Gasteiger partial charge in [0.1, 0.15) is 0 Å². The maximum absolute atomic E-state index is 11.9. The van der Waals surface area contributed by atoms with Crippen LogP contribution in [0.25, 0.3) is 5.69 Å². The molecule has 5 nitrogen and oxygen atoms in total. The monoisotopic (exact) mass is 256 g/mol. The summed E-state index contributed by atoms with van der Waals surface area (Å²) in [6, 6.07) is 8.65. The molecule has 98 valence electrons. The first-order valence-corrected chi connectivity index (χ1v) is 5.98. The van der Waals surface area contributed by atoms with Crippen molar-refractivity contribution in [2.75, 3.05) is 5.32 Å². The minimum atomic E-state index is -0.594. The molecule has 2 rings (SSSR count). The Morgan fingerprint density at radius 3 is 2.95 bits per heavy atom. The van der Waals surface area contributed by atoms with E-state index in [0.717, 1.165) is 5.69 Å². The lowest BCUT2D eigenvalue weighted by Crippen LogP contribution is -2.35. The minimum Gasteiger partial charge on any atom is -0.323 e. The molecular formula is C14H16N4O. The number of rotatable bonds is 5. The van der Waals surface area contributed by atoms with Crippen molar-refractivity contribution < 1.29 is 4.79 Å². The highest BCUT2D eigenvalue weighted by atomic mass is 16.2. The number of nitrogens with one attached hydrogen (secondary N) is 1. The molecule has 1 heterocycles. The molecule has 0 radical (unpaired) electrons. The van der Waals surface area contributed by atoms with E-state index in [1.54, 1.807) is 17.0 Å². The number of aromatic nitrogens is 2. The van der Waals surface area contributed by atoms with Crippen LogP contribution in [0.15, 0.2) is 55.4 Å². The van der Waals surface area contributed by atoms with Crippen LogP contribution in [0.5, 0.6) is 0 Å². The average molecular weight is 256 g/mol. The topological polar surface area (TPSA) is 72.9 Å². The fraction of sp³-hybridized carbons (Fsp3) is 0.143. The molecule has 1 amide bonds. The highest BCUT2D eigenvalue weighted by molar-refractivity contribution is 5.96. The summed E-state index contributed by atoms with van der Waals surface area (Å²) in [7, 11) is 0. The molecule has 0 aliphatic carbocycles. The van der Waals surface area contributed by atoms with Crippen LogP contribution in [0.4, 0.5) is 5.69 Å². The van der Waals surface area contributed by atoms with Gasteiger partial charge in [-0.15, -0.1) is 6.58 Å². The van der Waals surface area contributed by atoms with Gasteiger partial charge in [-0.3, -0.25) is 4.79 Å².